The quantitative estimate of drug-likeness (QED) is 0.798. The number of aromatic nitrogens is 1. The highest BCUT2D eigenvalue weighted by Gasteiger charge is 2.19. The fraction of sp³-hybridized carbons (Fsp3) is 0.111. The van der Waals surface area contributed by atoms with Gasteiger partial charge in [0.15, 0.2) is 5.69 Å². The van der Waals surface area contributed by atoms with E-state index in [-0.39, 0.29) is 0 Å². The number of esters is 1. The van der Waals surface area contributed by atoms with Gasteiger partial charge < -0.3 is 4.74 Å². The van der Waals surface area contributed by atoms with Crippen LogP contribution in [-0.2, 0) is 4.74 Å². The third kappa shape index (κ3) is 1.97. The summed E-state index contributed by atoms with van der Waals surface area (Å²) in [5, 5.41) is 1.96. The molecule has 0 aromatic carbocycles. The Morgan fingerprint density at radius 2 is 2.27 bits per heavy atom. The molecule has 0 aliphatic carbocycles. The normalized spacial score (nSPS) is 10.3. The zero-order valence-corrected chi connectivity index (χ0v) is 10.9. The predicted molar refractivity (Wildman–Crippen MR) is 64.5 cm³/mol. The molecular formula is C9H6BrNO2S2. The lowest BCUT2D eigenvalue weighted by atomic mass is 10.3. The molecule has 0 bridgehead atoms. The molecule has 0 fully saturated rings. The fourth-order valence-corrected chi connectivity index (χ4v) is 3.76. The summed E-state index contributed by atoms with van der Waals surface area (Å²) in [6, 6.07) is 1.95. The molecular weight excluding hydrogens is 298 g/mol. The minimum Gasteiger partial charge on any atom is -0.464 e. The van der Waals surface area contributed by atoms with Crippen molar-refractivity contribution >= 4 is 44.6 Å². The maximum atomic E-state index is 11.4. The van der Waals surface area contributed by atoms with Gasteiger partial charge in [-0.1, -0.05) is 0 Å². The van der Waals surface area contributed by atoms with Crippen LogP contribution in [0, 0.1) is 0 Å². The second-order valence-corrected chi connectivity index (χ2v) is 5.24. The van der Waals surface area contributed by atoms with Crippen molar-refractivity contribution in [3.63, 3.8) is 0 Å². The van der Waals surface area contributed by atoms with Gasteiger partial charge in [-0.3, -0.25) is 0 Å². The molecule has 0 saturated heterocycles. The molecule has 78 valence electrons. The Morgan fingerprint density at radius 3 is 2.87 bits per heavy atom. The number of thiophene rings is 1. The first-order chi connectivity index (χ1) is 7.24. The number of thiazole rings is 1. The minimum absolute atomic E-state index is 0.380. The summed E-state index contributed by atoms with van der Waals surface area (Å²) in [4.78, 5) is 17.3. The average molecular weight is 304 g/mol. The topological polar surface area (TPSA) is 39.2 Å². The Morgan fingerprint density at radius 1 is 1.47 bits per heavy atom. The van der Waals surface area contributed by atoms with Crippen LogP contribution in [-0.4, -0.2) is 18.1 Å². The van der Waals surface area contributed by atoms with Crippen molar-refractivity contribution in [1.29, 1.82) is 0 Å². The van der Waals surface area contributed by atoms with Gasteiger partial charge in [0.25, 0.3) is 0 Å². The van der Waals surface area contributed by atoms with Gasteiger partial charge in [-0.25, -0.2) is 9.78 Å². The number of methoxy groups -OCH3 is 1. The number of hydrogen-bond donors (Lipinski definition) is 0. The summed E-state index contributed by atoms with van der Waals surface area (Å²) < 4.78 is 5.64. The van der Waals surface area contributed by atoms with Crippen LogP contribution in [0.2, 0.25) is 0 Å². The van der Waals surface area contributed by atoms with Crippen LogP contribution in [0.15, 0.2) is 21.4 Å². The second-order valence-electron chi connectivity index (χ2n) is 2.62. The van der Waals surface area contributed by atoms with Gasteiger partial charge in [-0.2, -0.15) is 0 Å². The van der Waals surface area contributed by atoms with E-state index in [1.165, 1.54) is 18.4 Å². The number of ether oxygens (including phenoxy) is 1. The van der Waals surface area contributed by atoms with E-state index in [1.807, 2.05) is 11.4 Å². The third-order valence-corrected chi connectivity index (χ3v) is 4.60. The van der Waals surface area contributed by atoms with Crippen LogP contribution >= 0.6 is 38.6 Å². The second kappa shape index (κ2) is 4.42. The van der Waals surface area contributed by atoms with Crippen LogP contribution in [0.25, 0.3) is 9.75 Å². The van der Waals surface area contributed by atoms with E-state index in [4.69, 9.17) is 0 Å². The summed E-state index contributed by atoms with van der Waals surface area (Å²) >= 11 is 6.43. The van der Waals surface area contributed by atoms with Crippen molar-refractivity contribution in [2.45, 2.75) is 0 Å². The van der Waals surface area contributed by atoms with E-state index < -0.39 is 5.97 Å². The van der Waals surface area contributed by atoms with Crippen molar-refractivity contribution in [3.8, 4) is 9.75 Å². The highest BCUT2D eigenvalue weighted by Crippen LogP contribution is 2.37. The number of carbonyl (C=O) groups excluding carboxylic acids is 1. The molecule has 0 spiro atoms. The lowest BCUT2D eigenvalue weighted by molar-refractivity contribution is 0.0596. The van der Waals surface area contributed by atoms with Gasteiger partial charge in [0.2, 0.25) is 0 Å². The number of halogens is 1. The molecule has 0 atom stereocenters. The van der Waals surface area contributed by atoms with Crippen molar-refractivity contribution in [1.82, 2.24) is 4.98 Å². The average Bonchev–Trinajstić information content (AvgIpc) is 2.84. The maximum absolute atomic E-state index is 11.4. The molecule has 3 nitrogen and oxygen atoms in total. The van der Waals surface area contributed by atoms with E-state index in [0.29, 0.717) is 5.69 Å². The third-order valence-electron chi connectivity index (χ3n) is 1.77. The fourth-order valence-electron chi connectivity index (χ4n) is 1.11. The van der Waals surface area contributed by atoms with E-state index in [2.05, 4.69) is 25.7 Å². The predicted octanol–water partition coefficient (Wildman–Crippen LogP) is 3.42. The Bertz CT molecular complexity index is 492. The molecule has 0 radical (unpaired) electrons. The highest BCUT2D eigenvalue weighted by molar-refractivity contribution is 9.10. The summed E-state index contributed by atoms with van der Waals surface area (Å²) in [5.74, 6) is -0.397. The number of rotatable bonds is 2. The number of nitrogens with zero attached hydrogens (tertiary/aromatic N) is 1. The largest absolute Gasteiger partial charge is 0.464 e. The SMILES string of the molecule is COC(=O)c1ncsc1-c1sccc1Br. The van der Waals surface area contributed by atoms with Gasteiger partial charge in [0, 0.05) is 4.47 Å². The first-order valence-electron chi connectivity index (χ1n) is 3.99. The lowest BCUT2D eigenvalue weighted by Gasteiger charge is -1.98. The molecule has 0 N–H and O–H groups in total. The van der Waals surface area contributed by atoms with Crippen LogP contribution < -0.4 is 0 Å². The minimum atomic E-state index is -0.397. The molecule has 6 heteroatoms. The van der Waals surface area contributed by atoms with E-state index in [1.54, 1.807) is 16.8 Å². The zero-order chi connectivity index (χ0) is 10.8. The molecule has 2 heterocycles. The standard InChI is InChI=1S/C9H6BrNO2S2/c1-13-9(12)6-8(15-4-11-6)7-5(10)2-3-14-7/h2-4H,1H3. The molecule has 0 unspecified atom stereocenters. The van der Waals surface area contributed by atoms with Crippen molar-refractivity contribution < 1.29 is 9.53 Å². The maximum Gasteiger partial charge on any atom is 0.358 e. The summed E-state index contributed by atoms with van der Waals surface area (Å²) in [6.45, 7) is 0. The van der Waals surface area contributed by atoms with Crippen molar-refractivity contribution in [2.75, 3.05) is 7.11 Å². The van der Waals surface area contributed by atoms with Crippen molar-refractivity contribution in [2.24, 2.45) is 0 Å². The van der Waals surface area contributed by atoms with Crippen LogP contribution in [0.3, 0.4) is 0 Å². The van der Waals surface area contributed by atoms with E-state index in [9.17, 15) is 4.79 Å². The van der Waals surface area contributed by atoms with Crippen molar-refractivity contribution in [3.05, 3.63) is 27.1 Å². The Kier molecular flexibility index (Phi) is 3.18. The Labute approximate surface area is 103 Å². The molecule has 2 rings (SSSR count). The molecule has 0 aliphatic heterocycles. The summed E-state index contributed by atoms with van der Waals surface area (Å²) in [6.07, 6.45) is 0. The summed E-state index contributed by atoms with van der Waals surface area (Å²) in [7, 11) is 1.36. The van der Waals surface area contributed by atoms with Gasteiger partial charge in [-0.05, 0) is 27.4 Å². The van der Waals surface area contributed by atoms with Crippen LogP contribution in [0.4, 0.5) is 0 Å². The smallest absolute Gasteiger partial charge is 0.358 e. The zero-order valence-electron chi connectivity index (χ0n) is 7.69. The molecule has 0 saturated carbocycles. The molecule has 2 aromatic rings. The number of hydrogen-bond acceptors (Lipinski definition) is 5. The van der Waals surface area contributed by atoms with Gasteiger partial charge >= 0.3 is 5.97 Å². The van der Waals surface area contributed by atoms with E-state index >= 15 is 0 Å². The molecule has 0 amide bonds. The molecule has 2 aromatic heterocycles. The summed E-state index contributed by atoms with van der Waals surface area (Å²) in [5.41, 5.74) is 2.03. The first-order valence-corrected chi connectivity index (χ1v) is 6.54. The monoisotopic (exact) mass is 303 g/mol. The number of carbonyl (C=O) groups is 1. The van der Waals surface area contributed by atoms with Crippen LogP contribution in [0.1, 0.15) is 10.5 Å². The van der Waals surface area contributed by atoms with E-state index in [0.717, 1.165) is 14.2 Å². The van der Waals surface area contributed by atoms with Gasteiger partial charge in [-0.15, -0.1) is 22.7 Å². The Balaban J connectivity index is 2.50. The molecule has 0 aliphatic rings. The highest BCUT2D eigenvalue weighted by atomic mass is 79.9. The van der Waals surface area contributed by atoms with Gasteiger partial charge in [0.1, 0.15) is 0 Å². The molecule has 15 heavy (non-hydrogen) atoms. The first kappa shape index (κ1) is 10.8. The van der Waals surface area contributed by atoms with Gasteiger partial charge in [0.05, 0.1) is 22.4 Å². The lowest BCUT2D eigenvalue weighted by Crippen LogP contribution is -2.02. The Hall–Kier alpha value is -0.720. The van der Waals surface area contributed by atoms with Crippen LogP contribution in [0.5, 0.6) is 0 Å².